The van der Waals surface area contributed by atoms with Gasteiger partial charge in [-0.05, 0) is 42.8 Å². The van der Waals surface area contributed by atoms with Gasteiger partial charge in [-0.3, -0.25) is 4.79 Å². The molecule has 0 aliphatic heterocycles. The van der Waals surface area contributed by atoms with Gasteiger partial charge in [0.2, 0.25) is 11.8 Å². The van der Waals surface area contributed by atoms with Crippen LogP contribution >= 0.6 is 0 Å². The lowest BCUT2D eigenvalue weighted by Gasteiger charge is -2.05. The van der Waals surface area contributed by atoms with E-state index in [2.05, 4.69) is 22.4 Å². The maximum Gasteiger partial charge on any atom is 0.251 e. The van der Waals surface area contributed by atoms with Crippen molar-refractivity contribution in [3.63, 3.8) is 0 Å². The van der Waals surface area contributed by atoms with Crippen LogP contribution in [0.5, 0.6) is 0 Å². The van der Waals surface area contributed by atoms with Crippen molar-refractivity contribution < 1.29 is 9.21 Å². The van der Waals surface area contributed by atoms with Gasteiger partial charge in [0.05, 0.1) is 0 Å². The fourth-order valence-corrected chi connectivity index (χ4v) is 2.48. The Morgan fingerprint density at radius 2 is 1.56 bits per heavy atom. The molecular formula is C20H21N3O2. The van der Waals surface area contributed by atoms with E-state index in [1.807, 2.05) is 42.5 Å². The highest BCUT2D eigenvalue weighted by atomic mass is 16.4. The van der Waals surface area contributed by atoms with E-state index in [1.54, 1.807) is 12.1 Å². The van der Waals surface area contributed by atoms with Crippen LogP contribution in [-0.4, -0.2) is 22.6 Å². The van der Waals surface area contributed by atoms with Gasteiger partial charge in [0.15, 0.2) is 0 Å². The third-order valence-electron chi connectivity index (χ3n) is 3.91. The molecule has 3 aromatic rings. The number of rotatable bonds is 7. The van der Waals surface area contributed by atoms with Crippen molar-refractivity contribution in [2.24, 2.45) is 0 Å². The lowest BCUT2D eigenvalue weighted by molar-refractivity contribution is 0.0953. The second-order valence-electron chi connectivity index (χ2n) is 5.82. The molecule has 1 aromatic heterocycles. The van der Waals surface area contributed by atoms with Crippen LogP contribution in [0.3, 0.4) is 0 Å². The molecule has 0 unspecified atom stereocenters. The Hall–Kier alpha value is -2.95. The highest BCUT2D eigenvalue weighted by Gasteiger charge is 2.11. The van der Waals surface area contributed by atoms with Crippen LogP contribution < -0.4 is 5.32 Å². The minimum absolute atomic E-state index is 0.0573. The summed E-state index contributed by atoms with van der Waals surface area (Å²) in [4.78, 5) is 12.1. The fourth-order valence-electron chi connectivity index (χ4n) is 2.48. The number of nitrogens with zero attached hydrogens (tertiary/aromatic N) is 2. The normalized spacial score (nSPS) is 10.6. The minimum atomic E-state index is -0.0573. The van der Waals surface area contributed by atoms with E-state index >= 15 is 0 Å². The summed E-state index contributed by atoms with van der Waals surface area (Å²) in [5.74, 6) is 0.861. The van der Waals surface area contributed by atoms with E-state index in [1.165, 1.54) is 0 Å². The fraction of sp³-hybridized carbons (Fsp3) is 0.250. The molecule has 1 heterocycles. The highest BCUT2D eigenvalue weighted by molar-refractivity contribution is 5.94. The monoisotopic (exact) mass is 335 g/mol. The molecule has 0 bridgehead atoms. The maximum absolute atomic E-state index is 12.1. The number of amides is 1. The number of benzene rings is 2. The predicted octanol–water partition coefficient (Wildman–Crippen LogP) is 4.32. The first-order chi connectivity index (χ1) is 12.3. The average molecular weight is 335 g/mol. The first-order valence-electron chi connectivity index (χ1n) is 8.55. The first-order valence-corrected chi connectivity index (χ1v) is 8.55. The van der Waals surface area contributed by atoms with Gasteiger partial charge in [-0.2, -0.15) is 0 Å². The third kappa shape index (κ3) is 4.32. The SMILES string of the molecule is CCCCCNC(=O)c1ccc(-c2nnc(-c3ccccc3)o2)cc1. The number of nitrogens with one attached hydrogen (secondary N) is 1. The van der Waals surface area contributed by atoms with E-state index in [4.69, 9.17) is 4.42 Å². The molecule has 0 saturated carbocycles. The summed E-state index contributed by atoms with van der Waals surface area (Å²) < 4.78 is 5.73. The Balaban J connectivity index is 1.66. The molecule has 0 radical (unpaired) electrons. The molecule has 2 aromatic carbocycles. The van der Waals surface area contributed by atoms with E-state index in [0.717, 1.165) is 30.4 Å². The second-order valence-corrected chi connectivity index (χ2v) is 5.82. The summed E-state index contributed by atoms with van der Waals surface area (Å²) in [6.45, 7) is 2.85. The zero-order valence-electron chi connectivity index (χ0n) is 14.2. The largest absolute Gasteiger partial charge is 0.416 e. The van der Waals surface area contributed by atoms with Gasteiger partial charge in [0.25, 0.3) is 5.91 Å². The van der Waals surface area contributed by atoms with Gasteiger partial charge in [-0.1, -0.05) is 38.0 Å². The summed E-state index contributed by atoms with van der Waals surface area (Å²) in [7, 11) is 0. The lowest BCUT2D eigenvalue weighted by Crippen LogP contribution is -2.24. The summed E-state index contributed by atoms with van der Waals surface area (Å²) in [6, 6.07) is 16.8. The summed E-state index contributed by atoms with van der Waals surface area (Å²) in [5, 5.41) is 11.1. The van der Waals surface area contributed by atoms with Crippen molar-refractivity contribution >= 4 is 5.91 Å². The van der Waals surface area contributed by atoms with Crippen molar-refractivity contribution in [2.45, 2.75) is 26.2 Å². The first kappa shape index (κ1) is 16.9. The van der Waals surface area contributed by atoms with E-state index in [-0.39, 0.29) is 5.91 Å². The van der Waals surface area contributed by atoms with Gasteiger partial charge in [-0.15, -0.1) is 10.2 Å². The molecule has 5 heteroatoms. The Morgan fingerprint density at radius 3 is 2.20 bits per heavy atom. The molecule has 25 heavy (non-hydrogen) atoms. The zero-order valence-corrected chi connectivity index (χ0v) is 14.2. The van der Waals surface area contributed by atoms with Gasteiger partial charge in [0.1, 0.15) is 0 Å². The smallest absolute Gasteiger partial charge is 0.251 e. The average Bonchev–Trinajstić information content (AvgIpc) is 3.16. The van der Waals surface area contributed by atoms with Gasteiger partial charge < -0.3 is 9.73 Å². The summed E-state index contributed by atoms with van der Waals surface area (Å²) in [6.07, 6.45) is 3.27. The number of aromatic nitrogens is 2. The quantitative estimate of drug-likeness (QED) is 0.653. The van der Waals surface area contributed by atoms with Crippen LogP contribution in [0.1, 0.15) is 36.5 Å². The van der Waals surface area contributed by atoms with Crippen LogP contribution in [0.4, 0.5) is 0 Å². The lowest BCUT2D eigenvalue weighted by atomic mass is 10.1. The number of hydrogen-bond donors (Lipinski definition) is 1. The number of hydrogen-bond acceptors (Lipinski definition) is 4. The molecule has 3 rings (SSSR count). The Kier molecular flexibility index (Phi) is 5.57. The van der Waals surface area contributed by atoms with Crippen molar-refractivity contribution in [1.82, 2.24) is 15.5 Å². The maximum atomic E-state index is 12.1. The zero-order chi connectivity index (χ0) is 17.5. The minimum Gasteiger partial charge on any atom is -0.416 e. The van der Waals surface area contributed by atoms with Crippen LogP contribution in [-0.2, 0) is 0 Å². The van der Waals surface area contributed by atoms with Crippen LogP contribution in [0.15, 0.2) is 59.0 Å². The van der Waals surface area contributed by atoms with E-state index in [9.17, 15) is 4.79 Å². The molecule has 0 atom stereocenters. The van der Waals surface area contributed by atoms with Crippen molar-refractivity contribution in [3.05, 3.63) is 60.2 Å². The van der Waals surface area contributed by atoms with E-state index in [0.29, 0.717) is 23.9 Å². The van der Waals surface area contributed by atoms with Crippen molar-refractivity contribution in [1.29, 1.82) is 0 Å². The Labute approximate surface area is 147 Å². The van der Waals surface area contributed by atoms with Gasteiger partial charge >= 0.3 is 0 Å². The Bertz CT molecular complexity index is 810. The van der Waals surface area contributed by atoms with Crippen LogP contribution in [0, 0.1) is 0 Å². The molecule has 0 saturated heterocycles. The number of carbonyl (C=O) groups is 1. The molecule has 5 nitrogen and oxygen atoms in total. The van der Waals surface area contributed by atoms with Crippen LogP contribution in [0.25, 0.3) is 22.9 Å². The Morgan fingerprint density at radius 1 is 0.920 bits per heavy atom. The van der Waals surface area contributed by atoms with Crippen molar-refractivity contribution in [3.8, 4) is 22.9 Å². The summed E-state index contributed by atoms with van der Waals surface area (Å²) in [5.41, 5.74) is 2.30. The molecule has 0 aliphatic carbocycles. The van der Waals surface area contributed by atoms with E-state index < -0.39 is 0 Å². The standard InChI is InChI=1S/C20H21N3O2/c1-2-3-7-14-21-18(24)15-10-12-17(13-11-15)20-23-22-19(25-20)16-8-5-4-6-9-16/h4-6,8-13H,2-3,7,14H2,1H3,(H,21,24). The molecule has 0 aliphatic rings. The third-order valence-corrected chi connectivity index (χ3v) is 3.91. The molecule has 0 fully saturated rings. The molecule has 0 spiro atoms. The van der Waals surface area contributed by atoms with Gasteiger partial charge in [-0.25, -0.2) is 0 Å². The molecule has 1 N–H and O–H groups in total. The van der Waals surface area contributed by atoms with Gasteiger partial charge in [0, 0.05) is 23.2 Å². The summed E-state index contributed by atoms with van der Waals surface area (Å²) >= 11 is 0. The molecule has 128 valence electrons. The van der Waals surface area contributed by atoms with Crippen LogP contribution in [0.2, 0.25) is 0 Å². The number of carbonyl (C=O) groups excluding carboxylic acids is 1. The highest BCUT2D eigenvalue weighted by Crippen LogP contribution is 2.23. The molecular weight excluding hydrogens is 314 g/mol. The number of unbranched alkanes of at least 4 members (excludes halogenated alkanes) is 2. The second kappa shape index (κ2) is 8.24. The topological polar surface area (TPSA) is 68.0 Å². The van der Waals surface area contributed by atoms with Crippen molar-refractivity contribution in [2.75, 3.05) is 6.54 Å². The predicted molar refractivity (Wildman–Crippen MR) is 97.0 cm³/mol. The molecule has 1 amide bonds.